The Morgan fingerprint density at radius 3 is 2.33 bits per heavy atom. The van der Waals surface area contributed by atoms with Gasteiger partial charge in [0.05, 0.1) is 4.90 Å². The van der Waals surface area contributed by atoms with E-state index in [2.05, 4.69) is 30.8 Å². The summed E-state index contributed by atoms with van der Waals surface area (Å²) in [7, 11) is -3.79. The smallest absolute Gasteiger partial charge is 0.266 e. The number of nitrogens with zero attached hydrogens (tertiary/aromatic N) is 1. The molecule has 2 rings (SSSR count). The lowest BCUT2D eigenvalue weighted by molar-refractivity contribution is 0.0995. The average molecular weight is 373 g/mol. The molecule has 7 nitrogen and oxygen atoms in total. The second-order valence-electron chi connectivity index (χ2n) is 4.51. The summed E-state index contributed by atoms with van der Waals surface area (Å²) >= 11 is 3.38. The maximum Gasteiger partial charge on any atom is 0.266 e. The summed E-state index contributed by atoms with van der Waals surface area (Å²) in [6, 6.07) is 4.32. The van der Waals surface area contributed by atoms with Crippen molar-refractivity contribution in [2.24, 2.45) is 5.73 Å². The minimum Gasteiger partial charge on any atom is -0.364 e. The van der Waals surface area contributed by atoms with E-state index in [9.17, 15) is 13.2 Å². The SMILES string of the molecule is Cc1cc(S(=O)(=O)Nc2cc(C(N)=O)[nH]n2)cc(C)c1Br. The summed E-state index contributed by atoms with van der Waals surface area (Å²) in [5, 5.41) is 6.04. The summed E-state index contributed by atoms with van der Waals surface area (Å²) in [6.07, 6.45) is 0. The number of nitrogens with one attached hydrogen (secondary N) is 2. The molecule has 1 heterocycles. The van der Waals surface area contributed by atoms with E-state index in [1.54, 1.807) is 26.0 Å². The molecule has 1 aromatic carbocycles. The van der Waals surface area contributed by atoms with Gasteiger partial charge in [-0.25, -0.2) is 8.42 Å². The summed E-state index contributed by atoms with van der Waals surface area (Å²) in [6.45, 7) is 3.60. The van der Waals surface area contributed by atoms with Gasteiger partial charge in [-0.2, -0.15) is 5.10 Å². The molecule has 0 unspecified atom stereocenters. The van der Waals surface area contributed by atoms with Crippen LogP contribution in [0.3, 0.4) is 0 Å². The standard InChI is InChI=1S/C12H13BrN4O3S/c1-6-3-8(4-7(2)11(6)13)21(19,20)17-10-5-9(12(14)18)15-16-10/h3-5H,1-2H3,(H2,14,18)(H2,15,16,17). The number of aromatic amines is 1. The van der Waals surface area contributed by atoms with E-state index < -0.39 is 15.9 Å². The second-order valence-corrected chi connectivity index (χ2v) is 6.98. The van der Waals surface area contributed by atoms with Crippen LogP contribution < -0.4 is 10.5 Å². The molecule has 0 aliphatic carbocycles. The quantitative estimate of drug-likeness (QED) is 0.756. The van der Waals surface area contributed by atoms with Crippen molar-refractivity contribution in [3.63, 3.8) is 0 Å². The fourth-order valence-corrected chi connectivity index (χ4v) is 3.15. The van der Waals surface area contributed by atoms with E-state index in [4.69, 9.17) is 5.73 Å². The number of amides is 1. The van der Waals surface area contributed by atoms with Crippen LogP contribution in [0.2, 0.25) is 0 Å². The molecule has 4 N–H and O–H groups in total. The predicted molar refractivity (Wildman–Crippen MR) is 81.5 cm³/mol. The number of hydrogen-bond acceptors (Lipinski definition) is 4. The number of aryl methyl sites for hydroxylation is 2. The van der Waals surface area contributed by atoms with Gasteiger partial charge in [0.15, 0.2) is 5.82 Å². The largest absolute Gasteiger partial charge is 0.364 e. The third-order valence-electron chi connectivity index (χ3n) is 2.80. The zero-order valence-corrected chi connectivity index (χ0v) is 13.7. The number of halogens is 1. The highest BCUT2D eigenvalue weighted by Gasteiger charge is 2.18. The van der Waals surface area contributed by atoms with E-state index in [0.717, 1.165) is 15.6 Å². The first kappa shape index (κ1) is 15.5. The molecule has 0 aliphatic heterocycles. The monoisotopic (exact) mass is 372 g/mol. The maximum absolute atomic E-state index is 12.3. The van der Waals surface area contributed by atoms with Crippen molar-refractivity contribution in [3.8, 4) is 0 Å². The number of primary amides is 1. The van der Waals surface area contributed by atoms with Crippen LogP contribution >= 0.6 is 15.9 Å². The highest BCUT2D eigenvalue weighted by atomic mass is 79.9. The first-order chi connectivity index (χ1) is 9.70. The minimum absolute atomic E-state index is 0.00187. The van der Waals surface area contributed by atoms with Crippen LogP contribution in [-0.2, 0) is 10.0 Å². The van der Waals surface area contributed by atoms with Crippen molar-refractivity contribution in [1.82, 2.24) is 10.2 Å². The molecule has 0 aliphatic rings. The van der Waals surface area contributed by atoms with Crippen LogP contribution in [0.25, 0.3) is 0 Å². The normalized spacial score (nSPS) is 11.4. The number of carbonyl (C=O) groups excluding carboxylic acids is 1. The molecule has 0 bridgehead atoms. The van der Waals surface area contributed by atoms with Gasteiger partial charge in [0.2, 0.25) is 0 Å². The van der Waals surface area contributed by atoms with Crippen molar-refractivity contribution in [3.05, 3.63) is 39.5 Å². The van der Waals surface area contributed by atoms with Crippen LogP contribution in [0.1, 0.15) is 21.6 Å². The number of aromatic nitrogens is 2. The minimum atomic E-state index is -3.79. The molecule has 112 valence electrons. The van der Waals surface area contributed by atoms with Gasteiger partial charge in [0.1, 0.15) is 5.69 Å². The number of hydrogen-bond donors (Lipinski definition) is 3. The first-order valence-corrected chi connectivity index (χ1v) is 8.13. The molecule has 21 heavy (non-hydrogen) atoms. The highest BCUT2D eigenvalue weighted by Crippen LogP contribution is 2.25. The van der Waals surface area contributed by atoms with E-state index in [1.807, 2.05) is 0 Å². The lowest BCUT2D eigenvalue weighted by atomic mass is 10.2. The van der Waals surface area contributed by atoms with Crippen LogP contribution in [0.4, 0.5) is 5.82 Å². The summed E-state index contributed by atoms with van der Waals surface area (Å²) in [5.41, 5.74) is 6.69. The average Bonchev–Trinajstić information content (AvgIpc) is 2.83. The fraction of sp³-hybridized carbons (Fsp3) is 0.167. The van der Waals surface area contributed by atoms with Crippen molar-refractivity contribution in [1.29, 1.82) is 0 Å². The Hall–Kier alpha value is -1.87. The van der Waals surface area contributed by atoms with Crippen molar-refractivity contribution in [2.45, 2.75) is 18.7 Å². The van der Waals surface area contributed by atoms with E-state index in [-0.39, 0.29) is 16.4 Å². The zero-order valence-electron chi connectivity index (χ0n) is 11.3. The van der Waals surface area contributed by atoms with Gasteiger partial charge >= 0.3 is 0 Å². The van der Waals surface area contributed by atoms with Crippen molar-refractivity contribution >= 4 is 37.7 Å². The predicted octanol–water partition coefficient (Wildman–Crippen LogP) is 1.69. The summed E-state index contributed by atoms with van der Waals surface area (Å²) in [5.74, 6) is -0.717. The van der Waals surface area contributed by atoms with Gasteiger partial charge in [0.25, 0.3) is 15.9 Å². The van der Waals surface area contributed by atoms with Gasteiger partial charge < -0.3 is 5.73 Å². The van der Waals surface area contributed by atoms with Crippen molar-refractivity contribution in [2.75, 3.05) is 4.72 Å². The lowest BCUT2D eigenvalue weighted by Crippen LogP contribution is -2.14. The van der Waals surface area contributed by atoms with Gasteiger partial charge in [-0.1, -0.05) is 15.9 Å². The number of nitrogens with two attached hydrogens (primary N) is 1. The molecule has 2 aromatic rings. The number of anilines is 1. The number of carbonyl (C=O) groups is 1. The van der Waals surface area contributed by atoms with Gasteiger partial charge in [-0.05, 0) is 37.1 Å². The van der Waals surface area contributed by atoms with Crippen LogP contribution in [-0.4, -0.2) is 24.5 Å². The molecule has 1 aromatic heterocycles. The zero-order chi connectivity index (χ0) is 15.8. The van der Waals surface area contributed by atoms with Gasteiger partial charge in [-0.15, -0.1) is 0 Å². The Kier molecular flexibility index (Phi) is 4.06. The van der Waals surface area contributed by atoms with Crippen LogP contribution in [0.5, 0.6) is 0 Å². The Balaban J connectivity index is 2.36. The third-order valence-corrected chi connectivity index (χ3v) is 5.39. The van der Waals surface area contributed by atoms with Gasteiger partial charge in [0, 0.05) is 10.5 Å². The molecule has 0 saturated heterocycles. The topological polar surface area (TPSA) is 118 Å². The highest BCUT2D eigenvalue weighted by molar-refractivity contribution is 9.10. The lowest BCUT2D eigenvalue weighted by Gasteiger charge is -2.09. The first-order valence-electron chi connectivity index (χ1n) is 5.85. The molecule has 1 amide bonds. The second kappa shape index (κ2) is 5.49. The number of sulfonamides is 1. The Labute approximate surface area is 130 Å². The number of H-pyrrole nitrogens is 1. The number of benzene rings is 1. The molecule has 0 fully saturated rings. The Morgan fingerprint density at radius 2 is 1.86 bits per heavy atom. The van der Waals surface area contributed by atoms with Gasteiger partial charge in [-0.3, -0.25) is 14.6 Å². The molecule has 9 heteroatoms. The fourth-order valence-electron chi connectivity index (χ4n) is 1.76. The molecule has 0 radical (unpaired) electrons. The summed E-state index contributed by atoms with van der Waals surface area (Å²) in [4.78, 5) is 11.1. The molecular formula is C12H13BrN4O3S. The third kappa shape index (κ3) is 3.24. The van der Waals surface area contributed by atoms with Crippen molar-refractivity contribution < 1.29 is 13.2 Å². The van der Waals surface area contributed by atoms with Crippen LogP contribution in [0.15, 0.2) is 27.6 Å². The Bertz CT molecular complexity index is 791. The molecular weight excluding hydrogens is 360 g/mol. The van der Waals surface area contributed by atoms with E-state index >= 15 is 0 Å². The molecule has 0 spiro atoms. The maximum atomic E-state index is 12.3. The Morgan fingerprint density at radius 1 is 1.29 bits per heavy atom. The van der Waals surface area contributed by atoms with E-state index in [0.29, 0.717) is 0 Å². The summed E-state index contributed by atoms with van der Waals surface area (Å²) < 4.78 is 27.7. The van der Waals surface area contributed by atoms with E-state index in [1.165, 1.54) is 6.07 Å². The molecule has 0 saturated carbocycles. The molecule has 0 atom stereocenters. The number of rotatable bonds is 4. The van der Waals surface area contributed by atoms with Crippen LogP contribution in [0, 0.1) is 13.8 Å².